The van der Waals surface area contributed by atoms with Crippen LogP contribution >= 0.6 is 0 Å². The number of carbonyl (C=O) groups is 1. The average Bonchev–Trinajstić information content (AvgIpc) is 2.45. The van der Waals surface area contributed by atoms with Gasteiger partial charge in [0, 0.05) is 11.6 Å². The summed E-state index contributed by atoms with van der Waals surface area (Å²) in [5.74, 6) is -2.19. The van der Waals surface area contributed by atoms with Crippen molar-refractivity contribution in [3.8, 4) is 16.9 Å². The van der Waals surface area contributed by atoms with E-state index in [4.69, 9.17) is 5.11 Å². The Kier molecular flexibility index (Phi) is 4.68. The molecule has 2 aromatic carbocycles. The van der Waals surface area contributed by atoms with Crippen molar-refractivity contribution in [2.24, 2.45) is 0 Å². The lowest BCUT2D eigenvalue weighted by Crippen LogP contribution is -2.16. The number of rotatable bonds is 4. The lowest BCUT2D eigenvalue weighted by molar-refractivity contribution is -0.274. The van der Waals surface area contributed by atoms with Crippen molar-refractivity contribution in [3.05, 3.63) is 59.9 Å². The maximum atomic E-state index is 13.6. The van der Waals surface area contributed by atoms with Gasteiger partial charge in [0.05, 0.1) is 0 Å². The molecule has 0 unspecified atom stereocenters. The summed E-state index contributed by atoms with van der Waals surface area (Å²) in [6.45, 7) is 0. The van der Waals surface area contributed by atoms with E-state index in [1.54, 1.807) is 0 Å². The molecule has 0 heterocycles. The van der Waals surface area contributed by atoms with Crippen LogP contribution in [0.3, 0.4) is 0 Å². The average molecular weight is 326 g/mol. The van der Waals surface area contributed by atoms with Gasteiger partial charge in [0.1, 0.15) is 11.6 Å². The van der Waals surface area contributed by atoms with Crippen molar-refractivity contribution in [1.82, 2.24) is 0 Å². The van der Waals surface area contributed by atoms with Crippen molar-refractivity contribution in [3.63, 3.8) is 0 Å². The fourth-order valence-electron chi connectivity index (χ4n) is 1.86. The van der Waals surface area contributed by atoms with Crippen LogP contribution in [0.5, 0.6) is 5.75 Å². The lowest BCUT2D eigenvalue weighted by atomic mass is 10.0. The summed E-state index contributed by atoms with van der Waals surface area (Å²) >= 11 is 0. The Morgan fingerprint density at radius 1 is 1.04 bits per heavy atom. The van der Waals surface area contributed by atoms with E-state index in [0.717, 1.165) is 30.4 Å². The summed E-state index contributed by atoms with van der Waals surface area (Å²) in [6, 6.07) is 9.04. The predicted molar refractivity (Wildman–Crippen MR) is 75.2 cm³/mol. The van der Waals surface area contributed by atoms with Crippen LogP contribution in [-0.4, -0.2) is 17.4 Å². The molecular weight excluding hydrogens is 316 g/mol. The highest BCUT2D eigenvalue weighted by Gasteiger charge is 2.30. The van der Waals surface area contributed by atoms with Crippen molar-refractivity contribution in [1.29, 1.82) is 0 Å². The molecule has 0 fully saturated rings. The molecule has 0 aliphatic carbocycles. The summed E-state index contributed by atoms with van der Waals surface area (Å²) in [4.78, 5) is 10.5. The van der Waals surface area contributed by atoms with E-state index >= 15 is 0 Å². The number of carboxylic acids is 1. The molecule has 0 atom stereocenters. The van der Waals surface area contributed by atoms with Crippen LogP contribution in [0.25, 0.3) is 17.2 Å². The lowest BCUT2D eigenvalue weighted by Gasteiger charge is -2.09. The normalized spacial score (nSPS) is 11.7. The molecule has 0 amide bonds. The van der Waals surface area contributed by atoms with Gasteiger partial charge in [-0.15, -0.1) is 13.2 Å². The molecule has 1 N–H and O–H groups in total. The van der Waals surface area contributed by atoms with Gasteiger partial charge < -0.3 is 9.84 Å². The van der Waals surface area contributed by atoms with E-state index in [2.05, 4.69) is 4.74 Å². The highest BCUT2D eigenvalue weighted by molar-refractivity contribution is 5.85. The van der Waals surface area contributed by atoms with E-state index in [0.29, 0.717) is 11.1 Å². The van der Waals surface area contributed by atoms with Crippen LogP contribution in [0.2, 0.25) is 0 Å². The van der Waals surface area contributed by atoms with Crippen molar-refractivity contribution < 1.29 is 32.2 Å². The molecule has 0 aliphatic heterocycles. The smallest absolute Gasteiger partial charge is 0.478 e. The molecule has 0 saturated carbocycles. The maximum absolute atomic E-state index is 13.6. The second-order valence-corrected chi connectivity index (χ2v) is 4.48. The topological polar surface area (TPSA) is 46.5 Å². The summed E-state index contributed by atoms with van der Waals surface area (Å²) in [5.41, 5.74) is 1.11. The molecule has 2 aromatic rings. The van der Waals surface area contributed by atoms with Crippen LogP contribution in [-0.2, 0) is 4.79 Å². The minimum Gasteiger partial charge on any atom is -0.478 e. The Bertz CT molecular complexity index is 734. The number of hydrogen-bond donors (Lipinski definition) is 1. The fourth-order valence-corrected chi connectivity index (χ4v) is 1.86. The van der Waals surface area contributed by atoms with Crippen molar-refractivity contribution >= 4 is 12.0 Å². The highest BCUT2D eigenvalue weighted by atomic mass is 19.4. The molecular formula is C16H10F4O3. The molecule has 0 spiro atoms. The number of carboxylic acid groups (broad SMARTS) is 1. The molecule has 2 rings (SSSR count). The number of aliphatic carboxylic acids is 1. The Balaban J connectivity index is 2.28. The van der Waals surface area contributed by atoms with Gasteiger partial charge in [0.25, 0.3) is 0 Å². The summed E-state index contributed by atoms with van der Waals surface area (Å²) in [5, 5.41) is 8.56. The van der Waals surface area contributed by atoms with Crippen LogP contribution in [0, 0.1) is 5.82 Å². The number of ether oxygens (including phenoxy) is 1. The minimum absolute atomic E-state index is 0.0560. The zero-order valence-electron chi connectivity index (χ0n) is 11.5. The van der Waals surface area contributed by atoms with Crippen molar-refractivity contribution in [2.75, 3.05) is 0 Å². The van der Waals surface area contributed by atoms with Gasteiger partial charge in [-0.1, -0.05) is 18.2 Å². The monoisotopic (exact) mass is 326 g/mol. The second-order valence-electron chi connectivity index (χ2n) is 4.48. The third-order valence-electron chi connectivity index (χ3n) is 2.82. The first-order valence-corrected chi connectivity index (χ1v) is 6.31. The molecule has 3 nitrogen and oxygen atoms in total. The van der Waals surface area contributed by atoms with E-state index in [-0.39, 0.29) is 11.3 Å². The SMILES string of the molecule is O=C(O)C=Cc1cc(-c2ccc(OC(F)(F)F)cc2)ccc1F. The Morgan fingerprint density at radius 3 is 2.22 bits per heavy atom. The first-order chi connectivity index (χ1) is 10.7. The molecule has 0 bridgehead atoms. The van der Waals surface area contributed by atoms with Gasteiger partial charge in [-0.05, 0) is 41.5 Å². The van der Waals surface area contributed by atoms with Gasteiger partial charge in [-0.2, -0.15) is 0 Å². The van der Waals surface area contributed by atoms with Gasteiger partial charge in [-0.25, -0.2) is 9.18 Å². The predicted octanol–water partition coefficient (Wildman–Crippen LogP) is 4.49. The maximum Gasteiger partial charge on any atom is 0.573 e. The van der Waals surface area contributed by atoms with Crippen LogP contribution in [0.1, 0.15) is 5.56 Å². The zero-order valence-corrected chi connectivity index (χ0v) is 11.5. The molecule has 0 aliphatic rings. The molecule has 0 radical (unpaired) electrons. The molecule has 0 saturated heterocycles. The number of hydrogen-bond acceptors (Lipinski definition) is 2. The molecule has 120 valence electrons. The van der Waals surface area contributed by atoms with Crippen LogP contribution in [0.4, 0.5) is 17.6 Å². The largest absolute Gasteiger partial charge is 0.573 e. The highest BCUT2D eigenvalue weighted by Crippen LogP contribution is 2.27. The minimum atomic E-state index is -4.77. The first-order valence-electron chi connectivity index (χ1n) is 6.31. The molecule has 23 heavy (non-hydrogen) atoms. The number of halogens is 4. The van der Waals surface area contributed by atoms with Gasteiger partial charge in [0.2, 0.25) is 0 Å². The second kappa shape index (κ2) is 6.51. The molecule has 0 aromatic heterocycles. The Morgan fingerprint density at radius 2 is 1.65 bits per heavy atom. The summed E-state index contributed by atoms with van der Waals surface area (Å²) in [6.07, 6.45) is -2.88. The zero-order chi connectivity index (χ0) is 17.0. The van der Waals surface area contributed by atoms with E-state index < -0.39 is 18.1 Å². The molecule has 7 heteroatoms. The van der Waals surface area contributed by atoms with Crippen molar-refractivity contribution in [2.45, 2.75) is 6.36 Å². The van der Waals surface area contributed by atoms with Gasteiger partial charge >= 0.3 is 12.3 Å². The summed E-state index contributed by atoms with van der Waals surface area (Å²) in [7, 11) is 0. The van der Waals surface area contributed by atoms with E-state index in [1.165, 1.54) is 24.3 Å². The van der Waals surface area contributed by atoms with Crippen LogP contribution < -0.4 is 4.74 Å². The third-order valence-corrected chi connectivity index (χ3v) is 2.82. The number of benzene rings is 2. The Labute approximate surface area is 128 Å². The van der Waals surface area contributed by atoms with E-state index in [1.807, 2.05) is 0 Å². The van der Waals surface area contributed by atoms with E-state index in [9.17, 15) is 22.4 Å². The first kappa shape index (κ1) is 16.5. The Hall–Kier alpha value is -2.83. The van der Waals surface area contributed by atoms with Gasteiger partial charge in [0.15, 0.2) is 0 Å². The third kappa shape index (κ3) is 4.84. The quantitative estimate of drug-likeness (QED) is 0.665. The standard InChI is InChI=1S/C16H10F4O3/c17-14-7-3-11(9-12(14)4-8-15(21)22)10-1-5-13(6-2-10)23-16(18,19)20/h1-9H,(H,21,22). The van der Waals surface area contributed by atoms with Gasteiger partial charge in [-0.3, -0.25) is 0 Å². The van der Waals surface area contributed by atoms with Crippen LogP contribution in [0.15, 0.2) is 48.5 Å². The number of alkyl halides is 3. The fraction of sp³-hybridized carbons (Fsp3) is 0.0625. The summed E-state index contributed by atoms with van der Waals surface area (Å²) < 4.78 is 53.6.